The van der Waals surface area contributed by atoms with Crippen molar-refractivity contribution in [2.45, 2.75) is 39.4 Å². The second-order valence-corrected chi connectivity index (χ2v) is 6.62. The van der Waals surface area contributed by atoms with Crippen LogP contribution in [-0.4, -0.2) is 60.8 Å². The summed E-state index contributed by atoms with van der Waals surface area (Å²) in [7, 11) is 0. The molecule has 1 aliphatic heterocycles. The summed E-state index contributed by atoms with van der Waals surface area (Å²) in [6, 6.07) is 3.02. The Bertz CT molecular complexity index is 687. The second-order valence-electron chi connectivity index (χ2n) is 6.62. The third-order valence-corrected chi connectivity index (χ3v) is 4.27. The molecule has 0 spiro atoms. The number of esters is 1. The van der Waals surface area contributed by atoms with Crippen LogP contribution in [-0.2, 0) is 16.1 Å². The minimum Gasteiger partial charge on any atom is -0.468 e. The van der Waals surface area contributed by atoms with Gasteiger partial charge >= 0.3 is 12.1 Å². The molecule has 170 valence electrons. The number of nitrogens with zero attached hydrogens (tertiary/aromatic N) is 3. The van der Waals surface area contributed by atoms with E-state index < -0.39 is 12.8 Å². The summed E-state index contributed by atoms with van der Waals surface area (Å²) in [6.45, 7) is 5.01. The summed E-state index contributed by atoms with van der Waals surface area (Å²) in [5.74, 6) is 0.222. The fraction of sp³-hybridized carbons (Fsp3) is 0.632. The molecule has 0 radical (unpaired) electrons. The molecule has 1 aromatic heterocycles. The average Bonchev–Trinajstić information content (AvgIpc) is 2.70. The van der Waals surface area contributed by atoms with E-state index in [2.05, 4.69) is 20.0 Å². The van der Waals surface area contributed by atoms with E-state index >= 15 is 0 Å². The van der Waals surface area contributed by atoms with Crippen molar-refractivity contribution in [3.05, 3.63) is 23.9 Å². The van der Waals surface area contributed by atoms with Crippen LogP contribution in [0.5, 0.6) is 5.88 Å². The molecule has 30 heavy (non-hydrogen) atoms. The van der Waals surface area contributed by atoms with Crippen LogP contribution in [0.1, 0.15) is 32.3 Å². The number of carbonyl (C=O) groups excluding carboxylic acids is 1. The Balaban J connectivity index is 0.00000450. The molecule has 11 heteroatoms. The highest BCUT2D eigenvalue weighted by Crippen LogP contribution is 2.19. The van der Waals surface area contributed by atoms with E-state index in [1.807, 2.05) is 11.8 Å². The van der Waals surface area contributed by atoms with Crippen molar-refractivity contribution >= 4 is 35.9 Å². The summed E-state index contributed by atoms with van der Waals surface area (Å²) in [6.07, 6.45) is -1.31. The van der Waals surface area contributed by atoms with Gasteiger partial charge in [0, 0.05) is 31.9 Å². The normalized spacial score (nSPS) is 17.2. The molecule has 1 atom stereocenters. The van der Waals surface area contributed by atoms with Gasteiger partial charge in [0.15, 0.2) is 12.6 Å². The van der Waals surface area contributed by atoms with Crippen molar-refractivity contribution in [1.82, 2.24) is 15.2 Å². The number of aromatic nitrogens is 1. The van der Waals surface area contributed by atoms with E-state index in [9.17, 15) is 18.0 Å². The highest BCUT2D eigenvalue weighted by molar-refractivity contribution is 14.0. The van der Waals surface area contributed by atoms with E-state index in [1.54, 1.807) is 13.0 Å². The van der Waals surface area contributed by atoms with Crippen LogP contribution in [0.15, 0.2) is 23.3 Å². The average molecular weight is 544 g/mol. The molecule has 7 nitrogen and oxygen atoms in total. The number of nitrogens with one attached hydrogen (secondary N) is 1. The fourth-order valence-electron chi connectivity index (χ4n) is 2.96. The van der Waals surface area contributed by atoms with Crippen LogP contribution in [0.3, 0.4) is 0 Å². The zero-order valence-corrected chi connectivity index (χ0v) is 19.4. The van der Waals surface area contributed by atoms with Crippen LogP contribution < -0.4 is 10.1 Å². The van der Waals surface area contributed by atoms with E-state index in [-0.39, 0.29) is 41.7 Å². The van der Waals surface area contributed by atoms with Crippen molar-refractivity contribution < 1.29 is 27.4 Å². The standard InChI is InChI=1S/C19H27F3N4O3.HI/c1-3-23-18(26-9-5-6-15(12-26)17(27)28-4-2)25-11-14-7-8-16(24-10-14)29-13-19(20,21)22;/h7-8,10,15H,3-6,9,11-13H2,1-2H3,(H,23,25);1H. The van der Waals surface area contributed by atoms with Crippen molar-refractivity contribution in [2.24, 2.45) is 10.9 Å². The maximum absolute atomic E-state index is 12.2. The molecule has 1 unspecified atom stereocenters. The topological polar surface area (TPSA) is 76.1 Å². The lowest BCUT2D eigenvalue weighted by Gasteiger charge is -2.34. The van der Waals surface area contributed by atoms with Crippen LogP contribution in [0.25, 0.3) is 0 Å². The molecular formula is C19H28F3IN4O3. The van der Waals surface area contributed by atoms with Gasteiger partial charge in [-0.25, -0.2) is 9.98 Å². The van der Waals surface area contributed by atoms with Gasteiger partial charge in [0.25, 0.3) is 0 Å². The summed E-state index contributed by atoms with van der Waals surface area (Å²) >= 11 is 0. The molecule has 0 aliphatic carbocycles. The predicted octanol–water partition coefficient (Wildman–Crippen LogP) is 3.38. The number of piperidine rings is 1. The zero-order valence-electron chi connectivity index (χ0n) is 17.1. The summed E-state index contributed by atoms with van der Waals surface area (Å²) < 4.78 is 46.3. The third kappa shape index (κ3) is 8.92. The molecule has 1 N–H and O–H groups in total. The van der Waals surface area contributed by atoms with E-state index in [0.29, 0.717) is 32.2 Å². The summed E-state index contributed by atoms with van der Waals surface area (Å²) in [5, 5.41) is 3.22. The first-order valence-electron chi connectivity index (χ1n) is 9.66. The highest BCUT2D eigenvalue weighted by Gasteiger charge is 2.29. The van der Waals surface area contributed by atoms with Crippen LogP contribution in [0, 0.1) is 5.92 Å². The Kier molecular flexibility index (Phi) is 11.2. The second kappa shape index (κ2) is 12.8. The fourth-order valence-corrected chi connectivity index (χ4v) is 2.96. The largest absolute Gasteiger partial charge is 0.468 e. The van der Waals surface area contributed by atoms with Gasteiger partial charge in [0.2, 0.25) is 5.88 Å². The van der Waals surface area contributed by atoms with Gasteiger partial charge in [-0.1, -0.05) is 6.07 Å². The van der Waals surface area contributed by atoms with Crippen molar-refractivity contribution in [2.75, 3.05) is 32.8 Å². The monoisotopic (exact) mass is 544 g/mol. The maximum atomic E-state index is 12.2. The minimum atomic E-state index is -4.40. The number of aliphatic imine (C=N–C) groups is 1. The third-order valence-electron chi connectivity index (χ3n) is 4.27. The number of guanidine groups is 1. The molecule has 1 saturated heterocycles. The number of pyridine rings is 1. The quantitative estimate of drug-likeness (QED) is 0.246. The Morgan fingerprint density at radius 1 is 1.37 bits per heavy atom. The number of alkyl halides is 3. The van der Waals surface area contributed by atoms with Crippen LogP contribution in [0.4, 0.5) is 13.2 Å². The number of halogens is 4. The highest BCUT2D eigenvalue weighted by atomic mass is 127. The lowest BCUT2D eigenvalue weighted by Crippen LogP contribution is -2.48. The maximum Gasteiger partial charge on any atom is 0.422 e. The Hall–Kier alpha value is -1.79. The number of hydrogen-bond acceptors (Lipinski definition) is 5. The zero-order chi connectivity index (χ0) is 21.3. The molecule has 2 rings (SSSR count). The molecular weight excluding hydrogens is 516 g/mol. The van der Waals surface area contributed by atoms with Crippen LogP contribution in [0.2, 0.25) is 0 Å². The molecule has 1 fully saturated rings. The van der Waals surface area contributed by atoms with Crippen LogP contribution >= 0.6 is 24.0 Å². The van der Waals surface area contributed by atoms with Gasteiger partial charge in [-0.05, 0) is 32.3 Å². The SMILES string of the molecule is CCNC(=NCc1ccc(OCC(F)(F)F)nc1)N1CCCC(C(=O)OCC)C1.I. The van der Waals surface area contributed by atoms with Gasteiger partial charge in [0.1, 0.15) is 0 Å². The first kappa shape index (κ1) is 26.2. The minimum absolute atomic E-state index is 0. The molecule has 1 aromatic rings. The molecule has 0 bridgehead atoms. The summed E-state index contributed by atoms with van der Waals surface area (Å²) in [5.41, 5.74) is 0.735. The molecule has 0 saturated carbocycles. The first-order valence-corrected chi connectivity index (χ1v) is 9.66. The predicted molar refractivity (Wildman–Crippen MR) is 117 cm³/mol. The number of ether oxygens (including phenoxy) is 2. The van der Waals surface area contributed by atoms with Gasteiger partial charge in [-0.3, -0.25) is 4.79 Å². The van der Waals surface area contributed by atoms with Gasteiger partial charge in [-0.2, -0.15) is 13.2 Å². The van der Waals surface area contributed by atoms with E-state index in [1.165, 1.54) is 12.3 Å². The van der Waals surface area contributed by atoms with E-state index in [4.69, 9.17) is 4.74 Å². The number of carbonyl (C=O) groups is 1. The van der Waals surface area contributed by atoms with Crippen molar-refractivity contribution in [1.29, 1.82) is 0 Å². The molecule has 0 amide bonds. The molecule has 2 heterocycles. The Morgan fingerprint density at radius 3 is 2.73 bits per heavy atom. The lowest BCUT2D eigenvalue weighted by atomic mass is 9.98. The first-order chi connectivity index (χ1) is 13.8. The van der Waals surface area contributed by atoms with E-state index in [0.717, 1.165) is 24.9 Å². The number of likely N-dealkylation sites (tertiary alicyclic amines) is 1. The molecule has 1 aliphatic rings. The Morgan fingerprint density at radius 2 is 2.13 bits per heavy atom. The summed E-state index contributed by atoms with van der Waals surface area (Å²) in [4.78, 5) is 22.5. The van der Waals surface area contributed by atoms with Crippen molar-refractivity contribution in [3.63, 3.8) is 0 Å². The van der Waals surface area contributed by atoms with Gasteiger partial charge in [-0.15, -0.1) is 24.0 Å². The number of rotatable bonds is 7. The lowest BCUT2D eigenvalue weighted by molar-refractivity contribution is -0.154. The van der Waals surface area contributed by atoms with Crippen molar-refractivity contribution in [3.8, 4) is 5.88 Å². The smallest absolute Gasteiger partial charge is 0.422 e. The Labute approximate surface area is 191 Å². The number of hydrogen-bond donors (Lipinski definition) is 1. The van der Waals surface area contributed by atoms with Gasteiger partial charge in [0.05, 0.1) is 19.1 Å². The van der Waals surface area contributed by atoms with Gasteiger partial charge < -0.3 is 19.7 Å². The molecule has 0 aromatic carbocycles.